The van der Waals surface area contributed by atoms with Crippen LogP contribution in [0.3, 0.4) is 0 Å². The molecule has 0 aliphatic carbocycles. The molecule has 0 saturated heterocycles. The molecule has 152 valence electrons. The number of aromatic nitrogens is 3. The fourth-order valence-corrected chi connectivity index (χ4v) is 4.33. The molecule has 0 bridgehead atoms. The molecule has 5 nitrogen and oxygen atoms in total. The van der Waals surface area contributed by atoms with E-state index in [1.807, 2.05) is 48.7 Å². The van der Waals surface area contributed by atoms with E-state index in [-0.39, 0.29) is 5.56 Å². The van der Waals surface area contributed by atoms with Crippen LogP contribution in [0.25, 0.3) is 10.6 Å². The standard InChI is InChI=1S/C23H20BrN3O2S/c1-16-15-30-22(26-16)20-11-19(29-14-17-5-3-2-4-6-17)13-27(23(20)28)10-8-18-7-9-25-12-21(18)24/h2-7,9,11-13,15H,8,10,14H2,1H3. The Bertz CT molecular complexity index is 1200. The van der Waals surface area contributed by atoms with Crippen LogP contribution in [0, 0.1) is 6.92 Å². The molecule has 3 heterocycles. The van der Waals surface area contributed by atoms with Gasteiger partial charge in [-0.3, -0.25) is 9.78 Å². The Morgan fingerprint density at radius 2 is 2.03 bits per heavy atom. The average molecular weight is 482 g/mol. The van der Waals surface area contributed by atoms with Gasteiger partial charge in [0.15, 0.2) is 0 Å². The third kappa shape index (κ3) is 4.86. The Kier molecular flexibility index (Phi) is 6.40. The maximum absolute atomic E-state index is 13.2. The number of aryl methyl sites for hydroxylation is 3. The molecule has 0 amide bonds. The van der Waals surface area contributed by atoms with Gasteiger partial charge in [0.1, 0.15) is 17.4 Å². The Hall–Kier alpha value is -2.77. The minimum Gasteiger partial charge on any atom is -0.487 e. The van der Waals surface area contributed by atoms with Gasteiger partial charge in [0.25, 0.3) is 5.56 Å². The quantitative estimate of drug-likeness (QED) is 0.361. The Labute approximate surface area is 187 Å². The minimum atomic E-state index is -0.0680. The first-order valence-corrected chi connectivity index (χ1v) is 11.2. The summed E-state index contributed by atoms with van der Waals surface area (Å²) in [6.45, 7) is 2.89. The predicted molar refractivity (Wildman–Crippen MR) is 123 cm³/mol. The van der Waals surface area contributed by atoms with Crippen molar-refractivity contribution in [1.82, 2.24) is 14.5 Å². The van der Waals surface area contributed by atoms with E-state index in [0.717, 1.165) is 21.3 Å². The van der Waals surface area contributed by atoms with Crippen LogP contribution in [-0.2, 0) is 19.6 Å². The zero-order chi connectivity index (χ0) is 20.9. The summed E-state index contributed by atoms with van der Waals surface area (Å²) in [6, 6.07) is 13.7. The molecule has 4 aromatic rings. The van der Waals surface area contributed by atoms with Crippen LogP contribution in [0.5, 0.6) is 5.75 Å². The fourth-order valence-electron chi connectivity index (χ4n) is 3.07. The van der Waals surface area contributed by atoms with Crippen molar-refractivity contribution in [2.45, 2.75) is 26.5 Å². The first kappa shape index (κ1) is 20.5. The number of rotatable bonds is 7. The molecular formula is C23H20BrN3O2S. The Balaban J connectivity index is 1.65. The van der Waals surface area contributed by atoms with Crippen molar-refractivity contribution in [3.63, 3.8) is 0 Å². The number of thiazole rings is 1. The van der Waals surface area contributed by atoms with E-state index in [2.05, 4.69) is 25.9 Å². The number of ether oxygens (including phenoxy) is 1. The largest absolute Gasteiger partial charge is 0.487 e. The van der Waals surface area contributed by atoms with Crippen molar-refractivity contribution in [3.8, 4) is 16.3 Å². The lowest BCUT2D eigenvalue weighted by molar-refractivity contribution is 0.303. The summed E-state index contributed by atoms with van der Waals surface area (Å²) in [6.07, 6.45) is 6.00. The van der Waals surface area contributed by atoms with Crippen molar-refractivity contribution in [2.75, 3.05) is 0 Å². The molecule has 0 N–H and O–H groups in total. The predicted octanol–water partition coefficient (Wildman–Crippen LogP) is 5.26. The lowest BCUT2D eigenvalue weighted by Gasteiger charge is -2.13. The van der Waals surface area contributed by atoms with Gasteiger partial charge in [-0.05, 0) is 52.5 Å². The summed E-state index contributed by atoms with van der Waals surface area (Å²) < 4.78 is 8.67. The number of hydrogen-bond donors (Lipinski definition) is 0. The van der Waals surface area contributed by atoms with Crippen LogP contribution >= 0.6 is 27.3 Å². The SMILES string of the molecule is Cc1csc(-c2cc(OCc3ccccc3)cn(CCc3ccncc3Br)c2=O)n1. The van der Waals surface area contributed by atoms with Gasteiger partial charge in [-0.1, -0.05) is 30.3 Å². The minimum absolute atomic E-state index is 0.0680. The van der Waals surface area contributed by atoms with Crippen LogP contribution < -0.4 is 10.3 Å². The molecule has 0 saturated carbocycles. The summed E-state index contributed by atoms with van der Waals surface area (Å²) in [5, 5.41) is 2.66. The van der Waals surface area contributed by atoms with Gasteiger partial charge in [0.2, 0.25) is 0 Å². The monoisotopic (exact) mass is 481 g/mol. The van der Waals surface area contributed by atoms with Crippen molar-refractivity contribution in [3.05, 3.63) is 98.1 Å². The van der Waals surface area contributed by atoms with Gasteiger partial charge in [-0.25, -0.2) is 4.98 Å². The summed E-state index contributed by atoms with van der Waals surface area (Å²) in [5.74, 6) is 0.648. The highest BCUT2D eigenvalue weighted by atomic mass is 79.9. The first-order valence-electron chi connectivity index (χ1n) is 9.52. The molecule has 0 atom stereocenters. The van der Waals surface area contributed by atoms with Gasteiger partial charge >= 0.3 is 0 Å². The van der Waals surface area contributed by atoms with Crippen LogP contribution in [0.2, 0.25) is 0 Å². The number of pyridine rings is 2. The lowest BCUT2D eigenvalue weighted by atomic mass is 10.2. The van der Waals surface area contributed by atoms with Crippen molar-refractivity contribution < 1.29 is 4.74 Å². The van der Waals surface area contributed by atoms with E-state index in [9.17, 15) is 4.79 Å². The molecule has 4 rings (SSSR count). The normalized spacial score (nSPS) is 10.9. The molecule has 30 heavy (non-hydrogen) atoms. The van der Waals surface area contributed by atoms with Gasteiger partial charge < -0.3 is 9.30 Å². The lowest BCUT2D eigenvalue weighted by Crippen LogP contribution is -2.22. The molecule has 0 radical (unpaired) electrons. The zero-order valence-corrected chi connectivity index (χ0v) is 18.8. The van der Waals surface area contributed by atoms with E-state index >= 15 is 0 Å². The summed E-state index contributed by atoms with van der Waals surface area (Å²) in [7, 11) is 0. The van der Waals surface area contributed by atoms with Crippen LogP contribution in [0.15, 0.2) is 75.7 Å². The maximum Gasteiger partial charge on any atom is 0.261 e. The molecular weight excluding hydrogens is 462 g/mol. The van der Waals surface area contributed by atoms with Gasteiger partial charge in [0.05, 0.1) is 5.56 Å². The third-order valence-corrected chi connectivity index (χ3v) is 6.34. The topological polar surface area (TPSA) is 57.0 Å². The Morgan fingerprint density at radius 3 is 2.77 bits per heavy atom. The second kappa shape index (κ2) is 9.36. The summed E-state index contributed by atoms with van der Waals surface area (Å²) in [4.78, 5) is 21.8. The fraction of sp³-hybridized carbons (Fsp3) is 0.174. The third-order valence-electron chi connectivity index (χ3n) is 4.64. The molecule has 0 fully saturated rings. The number of nitrogens with zero attached hydrogens (tertiary/aromatic N) is 3. The molecule has 1 aromatic carbocycles. The highest BCUT2D eigenvalue weighted by Gasteiger charge is 2.13. The highest BCUT2D eigenvalue weighted by Crippen LogP contribution is 2.25. The zero-order valence-electron chi connectivity index (χ0n) is 16.4. The number of hydrogen-bond acceptors (Lipinski definition) is 5. The van der Waals surface area contributed by atoms with E-state index in [1.165, 1.54) is 11.3 Å². The van der Waals surface area contributed by atoms with Crippen molar-refractivity contribution in [1.29, 1.82) is 0 Å². The second-order valence-electron chi connectivity index (χ2n) is 6.87. The van der Waals surface area contributed by atoms with Crippen molar-refractivity contribution in [2.24, 2.45) is 0 Å². The maximum atomic E-state index is 13.2. The number of halogens is 1. The number of benzene rings is 1. The molecule has 7 heteroatoms. The summed E-state index contributed by atoms with van der Waals surface area (Å²) >= 11 is 4.99. The van der Waals surface area contributed by atoms with Crippen LogP contribution in [0.4, 0.5) is 0 Å². The molecule has 0 spiro atoms. The highest BCUT2D eigenvalue weighted by molar-refractivity contribution is 9.10. The first-order chi connectivity index (χ1) is 14.6. The van der Waals surface area contributed by atoms with E-state index in [1.54, 1.807) is 29.2 Å². The van der Waals surface area contributed by atoms with Gasteiger partial charge in [-0.15, -0.1) is 11.3 Å². The Morgan fingerprint density at radius 1 is 1.20 bits per heavy atom. The molecule has 0 aliphatic heterocycles. The van der Waals surface area contributed by atoms with Gasteiger partial charge in [-0.2, -0.15) is 0 Å². The van der Waals surface area contributed by atoms with Crippen LogP contribution in [0.1, 0.15) is 16.8 Å². The van der Waals surface area contributed by atoms with E-state index < -0.39 is 0 Å². The van der Waals surface area contributed by atoms with E-state index in [4.69, 9.17) is 4.74 Å². The molecule has 0 unspecified atom stereocenters. The van der Waals surface area contributed by atoms with E-state index in [0.29, 0.717) is 35.9 Å². The van der Waals surface area contributed by atoms with Crippen molar-refractivity contribution >= 4 is 27.3 Å². The van der Waals surface area contributed by atoms with Gasteiger partial charge in [0, 0.05) is 40.7 Å². The smallest absolute Gasteiger partial charge is 0.261 e. The summed E-state index contributed by atoms with van der Waals surface area (Å²) in [5.41, 5.74) is 3.56. The molecule has 0 aliphatic rings. The molecule has 3 aromatic heterocycles. The average Bonchev–Trinajstić information content (AvgIpc) is 3.20. The second-order valence-corrected chi connectivity index (χ2v) is 8.59. The van der Waals surface area contributed by atoms with Crippen LogP contribution in [-0.4, -0.2) is 14.5 Å².